The quantitative estimate of drug-likeness (QED) is 0.875. The molecule has 1 N–H and O–H groups in total. The minimum Gasteiger partial charge on any atom is -0.313 e. The largest absolute Gasteiger partial charge is 0.313 e. The molecule has 0 aliphatic heterocycles. The summed E-state index contributed by atoms with van der Waals surface area (Å²) >= 11 is 1.77. The van der Waals surface area contributed by atoms with Crippen molar-refractivity contribution in [2.24, 2.45) is 0 Å². The molecule has 0 fully saturated rings. The zero-order chi connectivity index (χ0) is 12.3. The predicted octanol–water partition coefficient (Wildman–Crippen LogP) is 3.53. The molecule has 1 heterocycles. The Bertz CT molecular complexity index is 518. The maximum atomic E-state index is 11.1. The topological polar surface area (TPSA) is 29.1 Å². The van der Waals surface area contributed by atoms with E-state index in [2.05, 4.69) is 35.0 Å². The number of hydrogen-bond acceptors (Lipinski definition) is 3. The van der Waals surface area contributed by atoms with Gasteiger partial charge in [0.1, 0.15) is 5.78 Å². The van der Waals surface area contributed by atoms with Crippen LogP contribution in [0.5, 0.6) is 0 Å². The second-order valence-corrected chi connectivity index (χ2v) is 5.18. The third kappa shape index (κ3) is 2.73. The molecular weight excluding hydrogens is 230 g/mol. The molecule has 0 amide bonds. The van der Waals surface area contributed by atoms with E-state index in [-0.39, 0.29) is 11.8 Å². The summed E-state index contributed by atoms with van der Waals surface area (Å²) in [6, 6.07) is 8.69. The van der Waals surface area contributed by atoms with Crippen molar-refractivity contribution in [2.75, 3.05) is 7.05 Å². The first-order valence-corrected chi connectivity index (χ1v) is 6.73. The summed E-state index contributed by atoms with van der Waals surface area (Å²) in [6.45, 7) is 1.65. The Hall–Kier alpha value is -1.19. The zero-order valence-corrected chi connectivity index (χ0v) is 11.0. The van der Waals surface area contributed by atoms with Crippen LogP contribution in [0.2, 0.25) is 0 Å². The highest BCUT2D eigenvalue weighted by Gasteiger charge is 2.14. The normalized spacial score (nSPS) is 12.8. The van der Waals surface area contributed by atoms with Crippen LogP contribution in [0.3, 0.4) is 0 Å². The Labute approximate surface area is 106 Å². The van der Waals surface area contributed by atoms with Crippen molar-refractivity contribution in [1.29, 1.82) is 0 Å². The lowest BCUT2D eigenvalue weighted by molar-refractivity contribution is -0.117. The van der Waals surface area contributed by atoms with E-state index in [1.54, 1.807) is 18.3 Å². The molecule has 2 aromatic rings. The van der Waals surface area contributed by atoms with Crippen LogP contribution in [0.1, 0.15) is 31.4 Å². The number of Topliss-reactive ketones (excluding diaryl/α,β-unsaturated/α-hetero) is 1. The number of benzene rings is 1. The smallest absolute Gasteiger partial charge is 0.129 e. The molecule has 90 valence electrons. The van der Waals surface area contributed by atoms with E-state index in [1.807, 2.05) is 7.05 Å². The Morgan fingerprint density at radius 3 is 2.88 bits per heavy atom. The summed E-state index contributed by atoms with van der Waals surface area (Å²) in [5.74, 6) is 0.254. The zero-order valence-electron chi connectivity index (χ0n) is 10.2. The van der Waals surface area contributed by atoms with Crippen LogP contribution in [-0.4, -0.2) is 12.8 Å². The molecule has 1 aromatic heterocycles. The lowest BCUT2D eigenvalue weighted by Gasteiger charge is -2.14. The second-order valence-electron chi connectivity index (χ2n) is 4.27. The molecular formula is C14H17NOS. The van der Waals surface area contributed by atoms with Gasteiger partial charge in [0, 0.05) is 17.2 Å². The Morgan fingerprint density at radius 1 is 1.41 bits per heavy atom. The third-order valence-corrected chi connectivity index (χ3v) is 4.00. The minimum atomic E-state index is 0.254. The monoisotopic (exact) mass is 247 g/mol. The SMILES string of the molecule is CNC(CCC(C)=O)c1csc2ccccc12. The van der Waals surface area contributed by atoms with Gasteiger partial charge in [-0.1, -0.05) is 18.2 Å². The number of nitrogens with one attached hydrogen (secondary N) is 1. The molecule has 0 bridgehead atoms. The molecule has 3 heteroatoms. The van der Waals surface area contributed by atoms with Crippen LogP contribution in [0.4, 0.5) is 0 Å². The Morgan fingerprint density at radius 2 is 2.18 bits per heavy atom. The van der Waals surface area contributed by atoms with Crippen molar-refractivity contribution in [2.45, 2.75) is 25.8 Å². The average Bonchev–Trinajstić information content (AvgIpc) is 2.74. The summed E-state index contributed by atoms with van der Waals surface area (Å²) in [5.41, 5.74) is 1.31. The van der Waals surface area contributed by atoms with E-state index >= 15 is 0 Å². The molecule has 1 unspecified atom stereocenters. The molecule has 0 radical (unpaired) electrons. The fourth-order valence-corrected chi connectivity index (χ4v) is 3.09. The first-order valence-electron chi connectivity index (χ1n) is 5.85. The third-order valence-electron chi connectivity index (χ3n) is 3.02. The Balaban J connectivity index is 2.27. The van der Waals surface area contributed by atoms with Gasteiger partial charge in [-0.05, 0) is 42.8 Å². The predicted molar refractivity (Wildman–Crippen MR) is 73.5 cm³/mol. The van der Waals surface area contributed by atoms with Gasteiger partial charge >= 0.3 is 0 Å². The van der Waals surface area contributed by atoms with Gasteiger partial charge in [-0.25, -0.2) is 0 Å². The highest BCUT2D eigenvalue weighted by Crippen LogP contribution is 2.31. The van der Waals surface area contributed by atoms with Crippen LogP contribution in [0.15, 0.2) is 29.6 Å². The van der Waals surface area contributed by atoms with Crippen LogP contribution in [-0.2, 0) is 4.79 Å². The standard InChI is InChI=1S/C14H17NOS/c1-10(16)7-8-13(15-2)12-9-17-14-6-4-3-5-11(12)14/h3-6,9,13,15H,7-8H2,1-2H3. The molecule has 0 saturated heterocycles. The van der Waals surface area contributed by atoms with Crippen molar-refractivity contribution >= 4 is 27.2 Å². The summed E-state index contributed by atoms with van der Waals surface area (Å²) < 4.78 is 1.31. The number of fused-ring (bicyclic) bond motifs is 1. The lowest BCUT2D eigenvalue weighted by Crippen LogP contribution is -2.16. The van der Waals surface area contributed by atoms with Crippen LogP contribution >= 0.6 is 11.3 Å². The number of carbonyl (C=O) groups is 1. The van der Waals surface area contributed by atoms with Crippen molar-refractivity contribution in [3.63, 3.8) is 0 Å². The molecule has 2 nitrogen and oxygen atoms in total. The van der Waals surface area contributed by atoms with Crippen LogP contribution in [0.25, 0.3) is 10.1 Å². The lowest BCUT2D eigenvalue weighted by atomic mass is 10.0. The highest BCUT2D eigenvalue weighted by molar-refractivity contribution is 7.17. The van der Waals surface area contributed by atoms with E-state index < -0.39 is 0 Å². The molecule has 0 saturated carbocycles. The van der Waals surface area contributed by atoms with Crippen LogP contribution in [0, 0.1) is 0 Å². The van der Waals surface area contributed by atoms with Gasteiger partial charge in [0.15, 0.2) is 0 Å². The van der Waals surface area contributed by atoms with Gasteiger partial charge in [-0.15, -0.1) is 11.3 Å². The van der Waals surface area contributed by atoms with E-state index in [4.69, 9.17) is 0 Å². The van der Waals surface area contributed by atoms with Crippen molar-refractivity contribution in [3.05, 3.63) is 35.2 Å². The molecule has 0 aliphatic carbocycles. The number of rotatable bonds is 5. The van der Waals surface area contributed by atoms with Gasteiger partial charge in [0.05, 0.1) is 0 Å². The van der Waals surface area contributed by atoms with Gasteiger partial charge < -0.3 is 10.1 Å². The molecule has 0 spiro atoms. The van der Waals surface area contributed by atoms with Crippen molar-refractivity contribution in [3.8, 4) is 0 Å². The Kier molecular flexibility index (Phi) is 3.92. The molecule has 17 heavy (non-hydrogen) atoms. The van der Waals surface area contributed by atoms with Gasteiger partial charge in [0.25, 0.3) is 0 Å². The molecule has 0 aliphatic rings. The second kappa shape index (κ2) is 5.43. The highest BCUT2D eigenvalue weighted by atomic mass is 32.1. The molecule has 1 atom stereocenters. The maximum absolute atomic E-state index is 11.1. The van der Waals surface area contributed by atoms with Gasteiger partial charge in [-0.3, -0.25) is 0 Å². The van der Waals surface area contributed by atoms with E-state index in [0.717, 1.165) is 6.42 Å². The van der Waals surface area contributed by atoms with E-state index in [1.165, 1.54) is 15.6 Å². The fourth-order valence-electron chi connectivity index (χ4n) is 2.07. The van der Waals surface area contributed by atoms with Crippen molar-refractivity contribution in [1.82, 2.24) is 5.32 Å². The summed E-state index contributed by atoms with van der Waals surface area (Å²) in [5, 5.41) is 6.81. The van der Waals surface area contributed by atoms with Gasteiger partial charge in [-0.2, -0.15) is 0 Å². The number of thiophene rings is 1. The number of ketones is 1. The van der Waals surface area contributed by atoms with Gasteiger partial charge in [0.2, 0.25) is 0 Å². The summed E-state index contributed by atoms with van der Waals surface area (Å²) in [6.07, 6.45) is 1.50. The average molecular weight is 247 g/mol. The molecule has 2 rings (SSSR count). The van der Waals surface area contributed by atoms with Crippen molar-refractivity contribution < 1.29 is 4.79 Å². The maximum Gasteiger partial charge on any atom is 0.129 e. The number of carbonyl (C=O) groups excluding carboxylic acids is 1. The fraction of sp³-hybridized carbons (Fsp3) is 0.357. The summed E-state index contributed by atoms with van der Waals surface area (Å²) in [4.78, 5) is 11.1. The first kappa shape index (κ1) is 12.3. The number of hydrogen-bond donors (Lipinski definition) is 1. The minimum absolute atomic E-state index is 0.254. The molecule has 1 aromatic carbocycles. The van der Waals surface area contributed by atoms with E-state index in [0.29, 0.717) is 6.42 Å². The summed E-state index contributed by atoms with van der Waals surface area (Å²) in [7, 11) is 1.96. The van der Waals surface area contributed by atoms with E-state index in [9.17, 15) is 4.79 Å². The first-order chi connectivity index (χ1) is 8.22. The van der Waals surface area contributed by atoms with Crippen LogP contribution < -0.4 is 5.32 Å².